The monoisotopic (exact) mass is 227 g/mol. The van der Waals surface area contributed by atoms with Crippen LogP contribution in [-0.2, 0) is 0 Å². The van der Waals surface area contributed by atoms with E-state index in [0.29, 0.717) is 5.69 Å². The first-order valence-corrected chi connectivity index (χ1v) is 3.59. The molecule has 0 atom stereocenters. The molecule has 6 heteroatoms. The fraction of sp³-hybridized carbons (Fsp3) is 0.375. The summed E-state index contributed by atoms with van der Waals surface area (Å²) in [5.74, 6) is 0.185. The predicted molar refractivity (Wildman–Crippen MR) is 47.8 cm³/mol. The zero-order valence-electron chi connectivity index (χ0n) is 7.34. The molecule has 0 amide bonds. The molecule has 1 heterocycles. The molecule has 1 aromatic heterocycles. The van der Waals surface area contributed by atoms with E-state index in [2.05, 4.69) is 9.72 Å². The van der Waals surface area contributed by atoms with Crippen molar-refractivity contribution in [3.8, 4) is 5.75 Å². The fourth-order valence-electron chi connectivity index (χ4n) is 0.775. The summed E-state index contributed by atoms with van der Waals surface area (Å²) in [7, 11) is 0. The number of pyridine rings is 1. The van der Waals surface area contributed by atoms with Gasteiger partial charge >= 0.3 is 6.18 Å². The molecule has 0 fully saturated rings. The first-order valence-electron chi connectivity index (χ1n) is 3.59. The van der Waals surface area contributed by atoms with Crippen molar-refractivity contribution in [3.63, 3.8) is 0 Å². The summed E-state index contributed by atoms with van der Waals surface area (Å²) in [5.41, 5.74) is 0.625. The van der Waals surface area contributed by atoms with Crippen LogP contribution >= 0.6 is 12.4 Å². The molecule has 0 aliphatic heterocycles. The van der Waals surface area contributed by atoms with Crippen LogP contribution in [0.1, 0.15) is 5.69 Å². The van der Waals surface area contributed by atoms with Gasteiger partial charge in [0.25, 0.3) is 0 Å². The van der Waals surface area contributed by atoms with E-state index in [0.717, 1.165) is 0 Å². The molecule has 0 radical (unpaired) electrons. The van der Waals surface area contributed by atoms with Crippen LogP contribution in [0, 0.1) is 6.92 Å². The average Bonchev–Trinajstić information content (AvgIpc) is 2.00. The summed E-state index contributed by atoms with van der Waals surface area (Å²) >= 11 is 0. The van der Waals surface area contributed by atoms with Crippen LogP contribution in [0.15, 0.2) is 18.3 Å². The van der Waals surface area contributed by atoms with Gasteiger partial charge in [-0.15, -0.1) is 12.4 Å². The highest BCUT2D eigenvalue weighted by atomic mass is 35.5. The van der Waals surface area contributed by atoms with Crippen molar-refractivity contribution in [2.75, 3.05) is 6.61 Å². The Morgan fingerprint density at radius 1 is 1.43 bits per heavy atom. The number of nitrogens with zero attached hydrogens (tertiary/aromatic N) is 1. The molecule has 0 saturated heterocycles. The van der Waals surface area contributed by atoms with Crippen LogP contribution in [0.5, 0.6) is 5.75 Å². The van der Waals surface area contributed by atoms with Gasteiger partial charge in [-0.1, -0.05) is 0 Å². The zero-order chi connectivity index (χ0) is 9.90. The first-order chi connectivity index (χ1) is 5.97. The topological polar surface area (TPSA) is 22.1 Å². The molecular weight excluding hydrogens is 219 g/mol. The van der Waals surface area contributed by atoms with Crippen molar-refractivity contribution in [1.82, 2.24) is 4.98 Å². The van der Waals surface area contributed by atoms with Crippen LogP contribution in [0.4, 0.5) is 13.2 Å². The second-order valence-corrected chi connectivity index (χ2v) is 2.54. The van der Waals surface area contributed by atoms with Gasteiger partial charge in [-0.05, 0) is 13.0 Å². The van der Waals surface area contributed by atoms with Crippen LogP contribution in [-0.4, -0.2) is 17.8 Å². The van der Waals surface area contributed by atoms with Crippen LogP contribution < -0.4 is 4.74 Å². The van der Waals surface area contributed by atoms with E-state index in [1.54, 1.807) is 6.92 Å². The van der Waals surface area contributed by atoms with Crippen molar-refractivity contribution >= 4 is 12.4 Å². The number of hydrogen-bond acceptors (Lipinski definition) is 2. The maximum atomic E-state index is 11.7. The molecule has 2 nitrogen and oxygen atoms in total. The molecule has 0 aliphatic rings. The Kier molecular flexibility index (Phi) is 4.70. The highest BCUT2D eigenvalue weighted by molar-refractivity contribution is 5.85. The number of alkyl halides is 3. The third-order valence-corrected chi connectivity index (χ3v) is 1.27. The zero-order valence-corrected chi connectivity index (χ0v) is 8.15. The van der Waals surface area contributed by atoms with Crippen LogP contribution in [0.25, 0.3) is 0 Å². The van der Waals surface area contributed by atoms with Gasteiger partial charge in [0.2, 0.25) is 0 Å². The van der Waals surface area contributed by atoms with Crippen LogP contribution in [0.3, 0.4) is 0 Å². The van der Waals surface area contributed by atoms with Gasteiger partial charge in [0, 0.05) is 18.0 Å². The van der Waals surface area contributed by atoms with E-state index in [1.807, 2.05) is 0 Å². The first kappa shape index (κ1) is 13.0. The van der Waals surface area contributed by atoms with Crippen molar-refractivity contribution in [2.45, 2.75) is 13.1 Å². The minimum absolute atomic E-state index is 0. The summed E-state index contributed by atoms with van der Waals surface area (Å²) in [5, 5.41) is 0. The molecule has 0 unspecified atom stereocenters. The van der Waals surface area contributed by atoms with Gasteiger partial charge in [-0.25, -0.2) is 0 Å². The van der Waals surface area contributed by atoms with E-state index in [1.165, 1.54) is 18.3 Å². The molecule has 0 aromatic carbocycles. The number of halogens is 4. The number of aromatic nitrogens is 1. The SMILES string of the molecule is Cc1cc(OCC(F)(F)F)ccn1.Cl. The van der Waals surface area contributed by atoms with Gasteiger partial charge in [-0.2, -0.15) is 13.2 Å². The second-order valence-electron chi connectivity index (χ2n) is 2.54. The lowest BCUT2D eigenvalue weighted by molar-refractivity contribution is -0.153. The maximum absolute atomic E-state index is 11.7. The van der Waals surface area contributed by atoms with Crippen LogP contribution in [0.2, 0.25) is 0 Å². The minimum Gasteiger partial charge on any atom is -0.484 e. The van der Waals surface area contributed by atoms with Gasteiger partial charge in [-0.3, -0.25) is 4.98 Å². The third-order valence-electron chi connectivity index (χ3n) is 1.27. The van der Waals surface area contributed by atoms with Gasteiger partial charge < -0.3 is 4.74 Å². The van der Waals surface area contributed by atoms with Gasteiger partial charge in [0.1, 0.15) is 5.75 Å². The van der Waals surface area contributed by atoms with Crippen molar-refractivity contribution in [3.05, 3.63) is 24.0 Å². The molecule has 1 aromatic rings. The summed E-state index contributed by atoms with van der Waals surface area (Å²) in [4.78, 5) is 3.82. The lowest BCUT2D eigenvalue weighted by atomic mass is 10.3. The Morgan fingerprint density at radius 2 is 2.07 bits per heavy atom. The standard InChI is InChI=1S/C8H8F3NO.ClH/c1-6-4-7(2-3-12-6)13-5-8(9,10)11;/h2-4H,5H2,1H3;1H. The maximum Gasteiger partial charge on any atom is 0.422 e. The average molecular weight is 228 g/mol. The minimum atomic E-state index is -4.29. The molecular formula is C8H9ClF3NO. The normalized spacial score (nSPS) is 10.6. The Balaban J connectivity index is 0.00000169. The predicted octanol–water partition coefficient (Wildman–Crippen LogP) is 2.75. The molecule has 1 rings (SSSR count). The Bertz CT molecular complexity index is 290. The van der Waals surface area contributed by atoms with Crippen molar-refractivity contribution < 1.29 is 17.9 Å². The highest BCUT2D eigenvalue weighted by Crippen LogP contribution is 2.18. The van der Waals surface area contributed by atoms with Gasteiger partial charge in [0.15, 0.2) is 6.61 Å². The molecule has 14 heavy (non-hydrogen) atoms. The van der Waals surface area contributed by atoms with Gasteiger partial charge in [0.05, 0.1) is 0 Å². The third kappa shape index (κ3) is 4.91. The number of hydrogen-bond donors (Lipinski definition) is 0. The van der Waals surface area contributed by atoms with E-state index in [9.17, 15) is 13.2 Å². The molecule has 0 saturated carbocycles. The number of rotatable bonds is 2. The molecule has 80 valence electrons. The molecule has 0 bridgehead atoms. The largest absolute Gasteiger partial charge is 0.484 e. The fourth-order valence-corrected chi connectivity index (χ4v) is 0.775. The summed E-state index contributed by atoms with van der Waals surface area (Å²) in [6, 6.07) is 2.84. The smallest absolute Gasteiger partial charge is 0.422 e. The Hall–Kier alpha value is -0.970. The van der Waals surface area contributed by atoms with Crippen molar-refractivity contribution in [2.24, 2.45) is 0 Å². The Morgan fingerprint density at radius 3 is 2.57 bits per heavy atom. The number of ether oxygens (including phenoxy) is 1. The molecule has 0 aliphatic carbocycles. The molecule has 0 spiro atoms. The van der Waals surface area contributed by atoms with E-state index < -0.39 is 12.8 Å². The highest BCUT2D eigenvalue weighted by Gasteiger charge is 2.28. The molecule has 0 N–H and O–H groups in total. The van der Waals surface area contributed by atoms with Crippen molar-refractivity contribution in [1.29, 1.82) is 0 Å². The summed E-state index contributed by atoms with van der Waals surface area (Å²) in [6.45, 7) is 0.414. The summed E-state index contributed by atoms with van der Waals surface area (Å²) in [6.07, 6.45) is -2.89. The van der Waals surface area contributed by atoms with E-state index in [-0.39, 0.29) is 18.2 Å². The lowest BCUT2D eigenvalue weighted by Gasteiger charge is -2.08. The number of aryl methyl sites for hydroxylation is 1. The van der Waals surface area contributed by atoms with E-state index >= 15 is 0 Å². The summed E-state index contributed by atoms with van der Waals surface area (Å²) < 4.78 is 39.6. The van der Waals surface area contributed by atoms with E-state index in [4.69, 9.17) is 0 Å². The Labute approximate surface area is 85.5 Å². The lowest BCUT2D eigenvalue weighted by Crippen LogP contribution is -2.19. The quantitative estimate of drug-likeness (QED) is 0.775. The second kappa shape index (κ2) is 5.05.